The SMILES string of the molecule is CC(Cn1cccn1)NCc1cccc(F)c1. The average Bonchev–Trinajstić information content (AvgIpc) is 2.79. The molecule has 0 aliphatic heterocycles. The standard InChI is InChI=1S/C13H16FN3/c1-11(10-17-7-3-6-16-17)15-9-12-4-2-5-13(14)8-12/h2-8,11,15H,9-10H2,1H3. The molecule has 1 heterocycles. The van der Waals surface area contributed by atoms with Crippen molar-refractivity contribution in [1.82, 2.24) is 15.1 Å². The van der Waals surface area contributed by atoms with Gasteiger partial charge in [0.25, 0.3) is 0 Å². The van der Waals surface area contributed by atoms with Crippen LogP contribution in [0.5, 0.6) is 0 Å². The van der Waals surface area contributed by atoms with Crippen molar-refractivity contribution in [2.24, 2.45) is 0 Å². The molecule has 0 fully saturated rings. The lowest BCUT2D eigenvalue weighted by atomic mass is 10.2. The van der Waals surface area contributed by atoms with E-state index in [-0.39, 0.29) is 11.9 Å². The Bertz CT molecular complexity index is 453. The molecule has 0 radical (unpaired) electrons. The summed E-state index contributed by atoms with van der Waals surface area (Å²) < 4.78 is 14.8. The smallest absolute Gasteiger partial charge is 0.123 e. The molecule has 1 aromatic heterocycles. The lowest BCUT2D eigenvalue weighted by molar-refractivity contribution is 0.450. The highest BCUT2D eigenvalue weighted by Gasteiger charge is 2.03. The lowest BCUT2D eigenvalue weighted by Gasteiger charge is -2.13. The Morgan fingerprint density at radius 1 is 1.41 bits per heavy atom. The summed E-state index contributed by atoms with van der Waals surface area (Å²) in [4.78, 5) is 0. The Morgan fingerprint density at radius 2 is 2.29 bits per heavy atom. The van der Waals surface area contributed by atoms with Crippen LogP contribution in [0.2, 0.25) is 0 Å². The Kier molecular flexibility index (Phi) is 3.88. The van der Waals surface area contributed by atoms with Gasteiger partial charge >= 0.3 is 0 Å². The second kappa shape index (κ2) is 5.59. The third-order valence-corrected chi connectivity index (χ3v) is 2.56. The third-order valence-electron chi connectivity index (χ3n) is 2.56. The van der Waals surface area contributed by atoms with Crippen molar-refractivity contribution >= 4 is 0 Å². The largest absolute Gasteiger partial charge is 0.308 e. The zero-order valence-electron chi connectivity index (χ0n) is 9.81. The number of rotatable bonds is 5. The summed E-state index contributed by atoms with van der Waals surface area (Å²) in [6.07, 6.45) is 3.69. The van der Waals surface area contributed by atoms with Gasteiger partial charge in [-0.2, -0.15) is 5.10 Å². The minimum Gasteiger partial charge on any atom is -0.308 e. The number of halogens is 1. The molecule has 90 valence electrons. The van der Waals surface area contributed by atoms with E-state index in [0.717, 1.165) is 12.1 Å². The summed E-state index contributed by atoms with van der Waals surface area (Å²) in [7, 11) is 0. The Hall–Kier alpha value is -1.68. The molecular formula is C13H16FN3. The molecule has 0 bridgehead atoms. The monoisotopic (exact) mass is 233 g/mol. The van der Waals surface area contributed by atoms with Gasteiger partial charge in [0.15, 0.2) is 0 Å². The van der Waals surface area contributed by atoms with E-state index in [2.05, 4.69) is 17.3 Å². The molecule has 2 aromatic rings. The van der Waals surface area contributed by atoms with Crippen LogP contribution in [0.1, 0.15) is 12.5 Å². The molecule has 1 aromatic carbocycles. The van der Waals surface area contributed by atoms with Gasteiger partial charge in [-0.3, -0.25) is 4.68 Å². The van der Waals surface area contributed by atoms with Crippen LogP contribution in [0.3, 0.4) is 0 Å². The number of benzene rings is 1. The first kappa shape index (κ1) is 11.8. The molecule has 0 amide bonds. The molecular weight excluding hydrogens is 217 g/mol. The summed E-state index contributed by atoms with van der Waals surface area (Å²) in [5.74, 6) is -0.191. The highest BCUT2D eigenvalue weighted by Crippen LogP contribution is 2.03. The van der Waals surface area contributed by atoms with E-state index in [1.54, 1.807) is 18.3 Å². The number of aromatic nitrogens is 2. The third kappa shape index (κ3) is 3.67. The summed E-state index contributed by atoms with van der Waals surface area (Å²) >= 11 is 0. The molecule has 4 heteroatoms. The van der Waals surface area contributed by atoms with Crippen LogP contribution in [-0.4, -0.2) is 15.8 Å². The Balaban J connectivity index is 1.82. The van der Waals surface area contributed by atoms with Crippen LogP contribution in [0.25, 0.3) is 0 Å². The van der Waals surface area contributed by atoms with Crippen molar-refractivity contribution in [3.63, 3.8) is 0 Å². The van der Waals surface area contributed by atoms with E-state index in [0.29, 0.717) is 6.54 Å². The van der Waals surface area contributed by atoms with E-state index in [1.165, 1.54) is 6.07 Å². The zero-order chi connectivity index (χ0) is 12.1. The van der Waals surface area contributed by atoms with E-state index in [9.17, 15) is 4.39 Å². The molecule has 3 nitrogen and oxygen atoms in total. The van der Waals surface area contributed by atoms with Crippen molar-refractivity contribution < 1.29 is 4.39 Å². The minimum absolute atomic E-state index is 0.191. The van der Waals surface area contributed by atoms with Crippen LogP contribution >= 0.6 is 0 Å². The second-order valence-corrected chi connectivity index (χ2v) is 4.14. The minimum atomic E-state index is -0.191. The summed E-state index contributed by atoms with van der Waals surface area (Å²) in [5.41, 5.74) is 0.956. The second-order valence-electron chi connectivity index (χ2n) is 4.14. The van der Waals surface area contributed by atoms with Crippen molar-refractivity contribution in [2.45, 2.75) is 26.1 Å². The first-order valence-electron chi connectivity index (χ1n) is 5.69. The molecule has 0 aliphatic rings. The van der Waals surface area contributed by atoms with Gasteiger partial charge < -0.3 is 5.32 Å². The van der Waals surface area contributed by atoms with Gasteiger partial charge in [0.2, 0.25) is 0 Å². The van der Waals surface area contributed by atoms with E-state index in [4.69, 9.17) is 0 Å². The predicted octanol–water partition coefficient (Wildman–Crippen LogP) is 2.20. The molecule has 0 spiro atoms. The first-order chi connectivity index (χ1) is 8.24. The van der Waals surface area contributed by atoms with Gasteiger partial charge in [0, 0.05) is 25.0 Å². The van der Waals surface area contributed by atoms with Gasteiger partial charge in [-0.05, 0) is 30.7 Å². The van der Waals surface area contributed by atoms with E-state index < -0.39 is 0 Å². The molecule has 2 rings (SSSR count). The topological polar surface area (TPSA) is 29.9 Å². The van der Waals surface area contributed by atoms with Gasteiger partial charge in [-0.15, -0.1) is 0 Å². The highest BCUT2D eigenvalue weighted by atomic mass is 19.1. The molecule has 1 unspecified atom stereocenters. The van der Waals surface area contributed by atoms with Crippen LogP contribution in [-0.2, 0) is 13.1 Å². The fourth-order valence-corrected chi connectivity index (χ4v) is 1.69. The van der Waals surface area contributed by atoms with E-state index in [1.807, 2.05) is 23.0 Å². The predicted molar refractivity (Wildman–Crippen MR) is 64.9 cm³/mol. The molecule has 0 saturated heterocycles. The summed E-state index contributed by atoms with van der Waals surface area (Å²) in [5, 5.41) is 7.48. The summed E-state index contributed by atoms with van der Waals surface area (Å²) in [6.45, 7) is 3.56. The van der Waals surface area contributed by atoms with Gasteiger partial charge in [-0.1, -0.05) is 12.1 Å². The van der Waals surface area contributed by atoms with Crippen molar-refractivity contribution in [1.29, 1.82) is 0 Å². The lowest BCUT2D eigenvalue weighted by Crippen LogP contribution is -2.30. The first-order valence-corrected chi connectivity index (χ1v) is 5.69. The fraction of sp³-hybridized carbons (Fsp3) is 0.308. The van der Waals surface area contributed by atoms with Crippen LogP contribution in [0.15, 0.2) is 42.7 Å². The molecule has 0 saturated carbocycles. The molecule has 0 aliphatic carbocycles. The van der Waals surface area contributed by atoms with Crippen LogP contribution in [0, 0.1) is 5.82 Å². The van der Waals surface area contributed by atoms with Gasteiger partial charge in [0.05, 0.1) is 6.54 Å². The van der Waals surface area contributed by atoms with Crippen molar-refractivity contribution in [3.05, 3.63) is 54.1 Å². The normalized spacial score (nSPS) is 12.6. The maximum Gasteiger partial charge on any atom is 0.123 e. The maximum atomic E-state index is 13.0. The Morgan fingerprint density at radius 3 is 3.00 bits per heavy atom. The quantitative estimate of drug-likeness (QED) is 0.858. The Labute approximate surface area is 100 Å². The van der Waals surface area contributed by atoms with Crippen LogP contribution < -0.4 is 5.32 Å². The number of nitrogens with zero attached hydrogens (tertiary/aromatic N) is 2. The molecule has 1 N–H and O–H groups in total. The van der Waals surface area contributed by atoms with Crippen molar-refractivity contribution in [3.8, 4) is 0 Å². The molecule has 17 heavy (non-hydrogen) atoms. The number of hydrogen-bond donors (Lipinski definition) is 1. The van der Waals surface area contributed by atoms with Gasteiger partial charge in [0.1, 0.15) is 5.82 Å². The van der Waals surface area contributed by atoms with E-state index >= 15 is 0 Å². The summed E-state index contributed by atoms with van der Waals surface area (Å²) in [6, 6.07) is 8.84. The van der Waals surface area contributed by atoms with Gasteiger partial charge in [-0.25, -0.2) is 4.39 Å². The zero-order valence-corrected chi connectivity index (χ0v) is 9.81. The number of nitrogens with one attached hydrogen (secondary N) is 1. The number of hydrogen-bond acceptors (Lipinski definition) is 2. The molecule has 1 atom stereocenters. The maximum absolute atomic E-state index is 13.0. The van der Waals surface area contributed by atoms with Crippen molar-refractivity contribution in [2.75, 3.05) is 0 Å². The average molecular weight is 233 g/mol. The highest BCUT2D eigenvalue weighted by molar-refractivity contribution is 5.15. The fourth-order valence-electron chi connectivity index (χ4n) is 1.69. The van der Waals surface area contributed by atoms with Crippen LogP contribution in [0.4, 0.5) is 4.39 Å².